The zero-order chi connectivity index (χ0) is 13.4. The van der Waals surface area contributed by atoms with E-state index in [9.17, 15) is 0 Å². The molecule has 2 nitrogen and oxygen atoms in total. The smallest absolute Gasteiger partial charge is 0.119 e. The summed E-state index contributed by atoms with van der Waals surface area (Å²) < 4.78 is 5.63. The summed E-state index contributed by atoms with van der Waals surface area (Å²) in [6, 6.07) is 8.29. The molecule has 0 unspecified atom stereocenters. The van der Waals surface area contributed by atoms with E-state index in [2.05, 4.69) is 37.9 Å². The van der Waals surface area contributed by atoms with E-state index in [4.69, 9.17) is 4.74 Å². The maximum Gasteiger partial charge on any atom is 0.119 e. The van der Waals surface area contributed by atoms with Crippen molar-refractivity contribution in [3.63, 3.8) is 0 Å². The van der Waals surface area contributed by atoms with E-state index in [0.29, 0.717) is 12.5 Å². The molecule has 1 aromatic rings. The van der Waals surface area contributed by atoms with E-state index in [1.807, 2.05) is 19.1 Å². The Kier molecular flexibility index (Phi) is 6.51. The van der Waals surface area contributed by atoms with Crippen molar-refractivity contribution in [2.45, 2.75) is 33.7 Å². The van der Waals surface area contributed by atoms with Gasteiger partial charge in [0.1, 0.15) is 5.75 Å². The topological polar surface area (TPSA) is 21.3 Å². The van der Waals surface area contributed by atoms with Crippen LogP contribution >= 0.6 is 0 Å². The molecule has 18 heavy (non-hydrogen) atoms. The van der Waals surface area contributed by atoms with Crippen molar-refractivity contribution in [3.8, 4) is 5.75 Å². The fraction of sp³-hybridized carbons (Fsp3) is 0.500. The summed E-state index contributed by atoms with van der Waals surface area (Å²) in [5.74, 6) is 1.62. The first-order valence-corrected chi connectivity index (χ1v) is 6.64. The fourth-order valence-corrected chi connectivity index (χ4v) is 1.55. The van der Waals surface area contributed by atoms with Gasteiger partial charge in [0, 0.05) is 13.0 Å². The molecule has 0 amide bonds. The SMILES string of the molecule is C=C(C)CCOc1ccc(CNCC(C)C)cc1. The number of ether oxygens (including phenoxy) is 1. The summed E-state index contributed by atoms with van der Waals surface area (Å²) in [6.45, 7) is 13.0. The number of benzene rings is 1. The first-order valence-electron chi connectivity index (χ1n) is 6.64. The largest absolute Gasteiger partial charge is 0.493 e. The van der Waals surface area contributed by atoms with Crippen molar-refractivity contribution in [1.29, 1.82) is 0 Å². The Labute approximate surface area is 111 Å². The van der Waals surface area contributed by atoms with Crippen molar-refractivity contribution in [2.75, 3.05) is 13.2 Å². The van der Waals surface area contributed by atoms with Crippen LogP contribution in [0, 0.1) is 5.92 Å². The van der Waals surface area contributed by atoms with Gasteiger partial charge < -0.3 is 10.1 Å². The molecule has 0 atom stereocenters. The third-order valence-corrected chi connectivity index (χ3v) is 2.60. The molecule has 100 valence electrons. The van der Waals surface area contributed by atoms with Gasteiger partial charge in [-0.2, -0.15) is 0 Å². The lowest BCUT2D eigenvalue weighted by Gasteiger charge is -2.09. The molecular weight excluding hydrogens is 222 g/mol. The Hall–Kier alpha value is -1.28. The van der Waals surface area contributed by atoms with Crippen LogP contribution in [0.25, 0.3) is 0 Å². The Balaban J connectivity index is 2.31. The average Bonchev–Trinajstić information content (AvgIpc) is 2.30. The van der Waals surface area contributed by atoms with E-state index < -0.39 is 0 Å². The molecule has 0 bridgehead atoms. The first kappa shape index (κ1) is 14.8. The molecule has 0 saturated heterocycles. The molecule has 0 saturated carbocycles. The summed E-state index contributed by atoms with van der Waals surface area (Å²) >= 11 is 0. The van der Waals surface area contributed by atoms with Crippen molar-refractivity contribution in [2.24, 2.45) is 5.92 Å². The molecule has 0 radical (unpaired) electrons. The molecule has 1 aromatic carbocycles. The molecule has 0 spiro atoms. The summed E-state index contributed by atoms with van der Waals surface area (Å²) in [7, 11) is 0. The zero-order valence-corrected chi connectivity index (χ0v) is 11.8. The molecule has 0 heterocycles. The Morgan fingerprint density at radius 2 is 1.94 bits per heavy atom. The van der Waals surface area contributed by atoms with Gasteiger partial charge in [-0.15, -0.1) is 6.58 Å². The van der Waals surface area contributed by atoms with Crippen molar-refractivity contribution >= 4 is 0 Å². The van der Waals surface area contributed by atoms with Crippen LogP contribution in [0.4, 0.5) is 0 Å². The highest BCUT2D eigenvalue weighted by molar-refractivity contribution is 5.27. The highest BCUT2D eigenvalue weighted by atomic mass is 16.5. The van der Waals surface area contributed by atoms with Crippen molar-refractivity contribution < 1.29 is 4.74 Å². The minimum Gasteiger partial charge on any atom is -0.493 e. The number of nitrogens with one attached hydrogen (secondary N) is 1. The Morgan fingerprint density at radius 1 is 1.28 bits per heavy atom. The monoisotopic (exact) mass is 247 g/mol. The lowest BCUT2D eigenvalue weighted by atomic mass is 10.2. The quantitative estimate of drug-likeness (QED) is 0.706. The first-order chi connectivity index (χ1) is 8.58. The minimum atomic E-state index is 0.690. The minimum absolute atomic E-state index is 0.690. The summed E-state index contributed by atoms with van der Waals surface area (Å²) in [4.78, 5) is 0. The second-order valence-electron chi connectivity index (χ2n) is 5.22. The molecule has 1 N–H and O–H groups in total. The molecular formula is C16H25NO. The lowest BCUT2D eigenvalue weighted by Crippen LogP contribution is -2.18. The maximum absolute atomic E-state index is 5.63. The molecule has 2 heteroatoms. The lowest BCUT2D eigenvalue weighted by molar-refractivity contribution is 0.321. The Bertz CT molecular complexity index is 354. The zero-order valence-electron chi connectivity index (χ0n) is 11.8. The average molecular weight is 247 g/mol. The second-order valence-corrected chi connectivity index (χ2v) is 5.22. The predicted octanol–water partition coefficient (Wildman–Crippen LogP) is 3.78. The van der Waals surface area contributed by atoms with Crippen LogP contribution in [0.1, 0.15) is 32.8 Å². The number of hydrogen-bond acceptors (Lipinski definition) is 2. The van der Waals surface area contributed by atoms with Gasteiger partial charge in [0.2, 0.25) is 0 Å². The van der Waals surface area contributed by atoms with Crippen LogP contribution in [0.5, 0.6) is 5.75 Å². The third kappa shape index (κ3) is 6.45. The number of hydrogen-bond donors (Lipinski definition) is 1. The van der Waals surface area contributed by atoms with E-state index in [1.165, 1.54) is 5.56 Å². The molecule has 0 aliphatic rings. The third-order valence-electron chi connectivity index (χ3n) is 2.60. The molecule has 0 aliphatic heterocycles. The van der Waals surface area contributed by atoms with Crippen LogP contribution in [-0.2, 0) is 6.54 Å². The summed E-state index contributed by atoms with van der Waals surface area (Å²) in [5.41, 5.74) is 2.45. The molecule has 0 fully saturated rings. The van der Waals surface area contributed by atoms with Crippen molar-refractivity contribution in [1.82, 2.24) is 5.32 Å². The van der Waals surface area contributed by atoms with Crippen LogP contribution in [0.3, 0.4) is 0 Å². The standard InChI is InChI=1S/C16H25NO/c1-13(2)9-10-18-16-7-5-15(6-8-16)12-17-11-14(3)4/h5-8,14,17H,1,9-12H2,2-4H3. The van der Waals surface area contributed by atoms with E-state index in [1.54, 1.807) is 0 Å². The highest BCUT2D eigenvalue weighted by Crippen LogP contribution is 2.13. The van der Waals surface area contributed by atoms with Crippen LogP contribution in [-0.4, -0.2) is 13.2 Å². The van der Waals surface area contributed by atoms with Crippen LogP contribution < -0.4 is 10.1 Å². The van der Waals surface area contributed by atoms with Gasteiger partial charge in [-0.25, -0.2) is 0 Å². The van der Waals surface area contributed by atoms with Crippen LogP contribution in [0.2, 0.25) is 0 Å². The molecule has 0 aliphatic carbocycles. The van der Waals surface area contributed by atoms with Crippen molar-refractivity contribution in [3.05, 3.63) is 42.0 Å². The normalized spacial score (nSPS) is 10.7. The maximum atomic E-state index is 5.63. The summed E-state index contributed by atoms with van der Waals surface area (Å²) in [5, 5.41) is 3.43. The predicted molar refractivity (Wildman–Crippen MR) is 77.9 cm³/mol. The van der Waals surface area contributed by atoms with Gasteiger partial charge in [-0.1, -0.05) is 31.6 Å². The fourth-order valence-electron chi connectivity index (χ4n) is 1.55. The molecule has 1 rings (SSSR count). The van der Waals surface area contributed by atoms with E-state index in [0.717, 1.165) is 30.8 Å². The van der Waals surface area contributed by atoms with E-state index >= 15 is 0 Å². The van der Waals surface area contributed by atoms with Gasteiger partial charge in [0.05, 0.1) is 6.61 Å². The van der Waals surface area contributed by atoms with E-state index in [-0.39, 0.29) is 0 Å². The van der Waals surface area contributed by atoms with Gasteiger partial charge in [0.25, 0.3) is 0 Å². The Morgan fingerprint density at radius 3 is 2.50 bits per heavy atom. The van der Waals surface area contributed by atoms with Gasteiger partial charge >= 0.3 is 0 Å². The van der Waals surface area contributed by atoms with Gasteiger partial charge in [-0.05, 0) is 37.1 Å². The van der Waals surface area contributed by atoms with Gasteiger partial charge in [0.15, 0.2) is 0 Å². The van der Waals surface area contributed by atoms with Gasteiger partial charge in [-0.3, -0.25) is 0 Å². The van der Waals surface area contributed by atoms with Crippen LogP contribution in [0.15, 0.2) is 36.4 Å². The number of rotatable bonds is 8. The molecule has 0 aromatic heterocycles. The highest BCUT2D eigenvalue weighted by Gasteiger charge is 1.97. The summed E-state index contributed by atoms with van der Waals surface area (Å²) in [6.07, 6.45) is 0.914. The second kappa shape index (κ2) is 7.93.